The third kappa shape index (κ3) is 4.03. The van der Waals surface area contributed by atoms with Gasteiger partial charge in [0.25, 0.3) is 0 Å². The fourth-order valence-electron chi connectivity index (χ4n) is 7.22. The molecule has 0 radical (unpaired) electrons. The molecular weight excluding hydrogens is 607 g/mol. The van der Waals surface area contributed by atoms with Crippen LogP contribution in [0.3, 0.4) is 0 Å². The first-order valence-corrected chi connectivity index (χ1v) is 14.7. The molecule has 2 aromatic carbocycles. The van der Waals surface area contributed by atoms with E-state index in [4.69, 9.17) is 4.74 Å². The van der Waals surface area contributed by atoms with E-state index in [0.29, 0.717) is 24.5 Å². The molecule has 2 fully saturated rings. The number of carbonyl (C=O) groups excluding carboxylic acids is 4. The molecule has 10 heteroatoms. The Balaban J connectivity index is 1.28. The predicted molar refractivity (Wildman–Crippen MR) is 155 cm³/mol. The maximum absolute atomic E-state index is 14.6. The van der Waals surface area contributed by atoms with Gasteiger partial charge in [0.05, 0.1) is 35.2 Å². The van der Waals surface area contributed by atoms with Gasteiger partial charge >= 0.3 is 0 Å². The molecule has 3 aliphatic carbocycles. The van der Waals surface area contributed by atoms with Crippen molar-refractivity contribution in [1.29, 1.82) is 0 Å². The highest BCUT2D eigenvalue weighted by atomic mass is 79.9. The van der Waals surface area contributed by atoms with Crippen molar-refractivity contribution in [3.8, 4) is 5.75 Å². The fraction of sp³-hybridized carbons (Fsp3) is 0.312. The molecule has 0 saturated carbocycles. The normalized spacial score (nSPS) is 27.5. The number of ether oxygens (including phenoxy) is 1. The molecule has 1 N–H and O–H groups in total. The number of allylic oxidation sites excluding steroid dienone is 6. The Morgan fingerprint density at radius 3 is 2.38 bits per heavy atom. The van der Waals surface area contributed by atoms with Crippen LogP contribution in [0.25, 0.3) is 0 Å². The van der Waals surface area contributed by atoms with Crippen molar-refractivity contribution in [3.05, 3.63) is 87.2 Å². The van der Waals surface area contributed by atoms with E-state index in [1.165, 1.54) is 23.1 Å². The summed E-state index contributed by atoms with van der Waals surface area (Å²) in [5.74, 6) is -5.85. The summed E-state index contributed by atoms with van der Waals surface area (Å²) in [4.78, 5) is 57.9. The number of para-hydroxylation sites is 1. The number of carbonyl (C=O) groups is 4. The van der Waals surface area contributed by atoms with E-state index < -0.39 is 41.0 Å². The summed E-state index contributed by atoms with van der Waals surface area (Å²) in [5.41, 5.74) is 2.65. The summed E-state index contributed by atoms with van der Waals surface area (Å²) >= 11 is 3.19. The number of anilines is 2. The average Bonchev–Trinajstić information content (AvgIpc) is 3.26. The van der Waals surface area contributed by atoms with Gasteiger partial charge in [0.1, 0.15) is 0 Å². The molecule has 8 nitrogen and oxygen atoms in total. The van der Waals surface area contributed by atoms with Crippen LogP contribution in [0.15, 0.2) is 75.8 Å². The highest BCUT2D eigenvalue weighted by Crippen LogP contribution is 2.56. The number of halogens is 2. The number of imide groups is 1. The van der Waals surface area contributed by atoms with Crippen molar-refractivity contribution in [2.24, 2.45) is 17.8 Å². The number of fused-ring (bicyclic) bond motifs is 3. The number of phenols is 1. The monoisotopic (exact) mass is 632 g/mol. The lowest BCUT2D eigenvalue weighted by Gasteiger charge is -2.42. The summed E-state index contributed by atoms with van der Waals surface area (Å²) in [7, 11) is 0. The molecule has 2 aliphatic heterocycles. The topological polar surface area (TPSA) is 104 Å². The molecule has 2 aromatic rings. The Bertz CT molecular complexity index is 1660. The van der Waals surface area contributed by atoms with E-state index in [9.17, 15) is 28.7 Å². The summed E-state index contributed by atoms with van der Waals surface area (Å²) in [6.07, 6.45) is 3.38. The van der Waals surface area contributed by atoms with Crippen LogP contribution in [0, 0.1) is 23.6 Å². The maximum atomic E-state index is 14.6. The third-order valence-electron chi connectivity index (χ3n) is 9.14. The SMILES string of the molecule is O=C1C=C(Br)C(=O)C2=C1C(c1cccc(F)c1O)C1=CCC3C(=O)N(c4ccc(N5CCOCC5)cc4)C(=O)C3C1C2. The van der Waals surface area contributed by atoms with Gasteiger partial charge in [-0.1, -0.05) is 23.8 Å². The van der Waals surface area contributed by atoms with Crippen molar-refractivity contribution >= 4 is 50.7 Å². The molecule has 42 heavy (non-hydrogen) atoms. The van der Waals surface area contributed by atoms with Gasteiger partial charge in [0, 0.05) is 47.5 Å². The Kier molecular flexibility index (Phi) is 6.51. The number of ketones is 2. The second-order valence-electron chi connectivity index (χ2n) is 11.2. The summed E-state index contributed by atoms with van der Waals surface area (Å²) in [5, 5.41) is 10.7. The molecule has 0 spiro atoms. The molecule has 2 heterocycles. The highest BCUT2D eigenvalue weighted by molar-refractivity contribution is 9.12. The van der Waals surface area contributed by atoms with Gasteiger partial charge < -0.3 is 14.7 Å². The van der Waals surface area contributed by atoms with Crippen LogP contribution in [0.4, 0.5) is 15.8 Å². The smallest absolute Gasteiger partial charge is 0.238 e. The van der Waals surface area contributed by atoms with E-state index in [1.807, 2.05) is 18.2 Å². The minimum Gasteiger partial charge on any atom is -0.505 e. The van der Waals surface area contributed by atoms with Crippen molar-refractivity contribution in [2.45, 2.75) is 18.8 Å². The number of aromatic hydroxyl groups is 1. The molecule has 4 unspecified atom stereocenters. The molecule has 2 amide bonds. The number of hydrogen-bond donors (Lipinski definition) is 1. The standard InChI is InChI=1S/C32H26BrFN2O6/c33-23-15-25(37)28-22(29(23)38)14-21-18(26(28)19-2-1-3-24(34)30(19)39)8-9-20-27(21)32(41)36(31(20)40)17-6-4-16(5-7-17)35-10-12-42-13-11-35/h1-8,15,20-21,26-27,39H,9-14H2. The van der Waals surface area contributed by atoms with Crippen LogP contribution in [-0.4, -0.2) is 54.8 Å². The van der Waals surface area contributed by atoms with Gasteiger partial charge in [-0.05, 0) is 65.0 Å². The Labute approximate surface area is 249 Å². The van der Waals surface area contributed by atoms with E-state index in [2.05, 4.69) is 20.8 Å². The van der Waals surface area contributed by atoms with E-state index in [0.717, 1.165) is 24.8 Å². The summed E-state index contributed by atoms with van der Waals surface area (Å²) in [6.45, 7) is 2.79. The number of morpholine rings is 1. The lowest BCUT2D eigenvalue weighted by Crippen LogP contribution is -2.39. The third-order valence-corrected chi connectivity index (χ3v) is 9.73. The maximum Gasteiger partial charge on any atom is 0.238 e. The van der Waals surface area contributed by atoms with Crippen molar-refractivity contribution < 1.29 is 33.4 Å². The number of benzene rings is 2. The van der Waals surface area contributed by atoms with Crippen LogP contribution < -0.4 is 9.80 Å². The van der Waals surface area contributed by atoms with Crippen molar-refractivity contribution in [3.63, 3.8) is 0 Å². The minimum absolute atomic E-state index is 0.0885. The van der Waals surface area contributed by atoms with Gasteiger partial charge in [-0.15, -0.1) is 0 Å². The predicted octanol–water partition coefficient (Wildman–Crippen LogP) is 4.33. The summed E-state index contributed by atoms with van der Waals surface area (Å²) in [6, 6.07) is 11.4. The number of phenolic OH excluding ortho intramolecular Hbond substituents is 1. The first kappa shape index (κ1) is 27.0. The van der Waals surface area contributed by atoms with Crippen LogP contribution in [0.5, 0.6) is 5.75 Å². The molecule has 0 bridgehead atoms. The van der Waals surface area contributed by atoms with Gasteiger partial charge in [-0.3, -0.25) is 24.1 Å². The largest absolute Gasteiger partial charge is 0.505 e. The number of hydrogen-bond acceptors (Lipinski definition) is 7. The molecular formula is C32H26BrFN2O6. The van der Waals surface area contributed by atoms with Gasteiger partial charge in [0.2, 0.25) is 11.8 Å². The zero-order chi connectivity index (χ0) is 29.3. The fourth-order valence-corrected chi connectivity index (χ4v) is 7.66. The average molecular weight is 633 g/mol. The lowest BCUT2D eigenvalue weighted by molar-refractivity contribution is -0.123. The van der Waals surface area contributed by atoms with Crippen molar-refractivity contribution in [1.82, 2.24) is 0 Å². The summed E-state index contributed by atoms with van der Waals surface area (Å²) < 4.78 is 20.1. The molecule has 214 valence electrons. The first-order chi connectivity index (χ1) is 20.3. The molecule has 4 atom stereocenters. The van der Waals surface area contributed by atoms with Crippen molar-refractivity contribution in [2.75, 3.05) is 36.1 Å². The van der Waals surface area contributed by atoms with Crippen LogP contribution >= 0.6 is 15.9 Å². The quantitative estimate of drug-likeness (QED) is 0.305. The molecule has 5 aliphatic rings. The lowest BCUT2D eigenvalue weighted by atomic mass is 9.59. The first-order valence-electron chi connectivity index (χ1n) is 13.9. The molecule has 2 saturated heterocycles. The highest BCUT2D eigenvalue weighted by Gasteiger charge is 2.57. The second kappa shape index (κ2) is 10.1. The Morgan fingerprint density at radius 1 is 0.929 bits per heavy atom. The minimum atomic E-state index is -0.923. The zero-order valence-electron chi connectivity index (χ0n) is 22.4. The molecule has 7 rings (SSSR count). The van der Waals surface area contributed by atoms with Crippen LogP contribution in [-0.2, 0) is 23.9 Å². The van der Waals surface area contributed by atoms with Crippen LogP contribution in [0.1, 0.15) is 24.3 Å². The van der Waals surface area contributed by atoms with E-state index in [1.54, 1.807) is 12.1 Å². The molecule has 0 aromatic heterocycles. The van der Waals surface area contributed by atoms with Gasteiger partial charge in [0.15, 0.2) is 23.1 Å². The Morgan fingerprint density at radius 2 is 1.64 bits per heavy atom. The Hall–Kier alpha value is -3.89. The second-order valence-corrected chi connectivity index (χ2v) is 12.1. The zero-order valence-corrected chi connectivity index (χ0v) is 24.0. The number of nitrogens with zero attached hydrogens (tertiary/aromatic N) is 2. The van der Waals surface area contributed by atoms with Crippen LogP contribution in [0.2, 0.25) is 0 Å². The number of amides is 2. The van der Waals surface area contributed by atoms with E-state index in [-0.39, 0.29) is 51.6 Å². The van der Waals surface area contributed by atoms with Gasteiger partial charge in [-0.25, -0.2) is 4.39 Å². The number of Topliss-reactive ketones (excluding diaryl/α,β-unsaturated/α-hetero) is 1. The van der Waals surface area contributed by atoms with E-state index >= 15 is 0 Å². The van der Waals surface area contributed by atoms with Gasteiger partial charge in [-0.2, -0.15) is 0 Å². The number of rotatable bonds is 3.